The molecule has 0 fully saturated rings. The van der Waals surface area contributed by atoms with Crippen LogP contribution in [0.2, 0.25) is 0 Å². The van der Waals surface area contributed by atoms with Gasteiger partial charge in [0.2, 0.25) is 0 Å². The van der Waals surface area contributed by atoms with Crippen LogP contribution in [-0.4, -0.2) is 11.7 Å². The zero-order valence-electron chi connectivity index (χ0n) is 9.26. The first-order valence-corrected chi connectivity index (χ1v) is 5.24. The fourth-order valence-electron chi connectivity index (χ4n) is 1.30. The van der Waals surface area contributed by atoms with Crippen molar-refractivity contribution >= 4 is 0 Å². The van der Waals surface area contributed by atoms with E-state index in [0.29, 0.717) is 0 Å². The first-order chi connectivity index (χ1) is 6.70. The van der Waals surface area contributed by atoms with Crippen LogP contribution in [0.3, 0.4) is 0 Å². The molecular formula is C13H22O. The van der Waals surface area contributed by atoms with E-state index >= 15 is 0 Å². The second-order valence-electron chi connectivity index (χ2n) is 3.68. The van der Waals surface area contributed by atoms with Crippen LogP contribution in [0.5, 0.6) is 0 Å². The maximum Gasteiger partial charge on any atom is 0.0434 e. The highest BCUT2D eigenvalue weighted by Crippen LogP contribution is 2.13. The lowest BCUT2D eigenvalue weighted by atomic mass is 10.0. The van der Waals surface area contributed by atoms with Gasteiger partial charge in [-0.3, -0.25) is 0 Å². The van der Waals surface area contributed by atoms with Gasteiger partial charge in [-0.25, -0.2) is 0 Å². The third-order valence-electron chi connectivity index (χ3n) is 2.07. The van der Waals surface area contributed by atoms with Crippen molar-refractivity contribution in [1.29, 1.82) is 0 Å². The van der Waals surface area contributed by atoms with Gasteiger partial charge in [0.25, 0.3) is 0 Å². The number of aliphatic hydroxyl groups is 1. The zero-order valence-corrected chi connectivity index (χ0v) is 9.26. The molecule has 1 heteroatoms. The minimum Gasteiger partial charge on any atom is -0.396 e. The van der Waals surface area contributed by atoms with Crippen LogP contribution in [0.15, 0.2) is 36.5 Å². The standard InChI is InChI=1S/C13H22O/c1-4-7-13(10-6-11-14)9-5-8-12(2)3/h4,9,14H,1-2,5-8,10-11H2,3H3/b13-9+. The van der Waals surface area contributed by atoms with Crippen molar-refractivity contribution in [2.75, 3.05) is 6.61 Å². The highest BCUT2D eigenvalue weighted by atomic mass is 16.2. The summed E-state index contributed by atoms with van der Waals surface area (Å²) in [5, 5.41) is 8.73. The maximum absolute atomic E-state index is 8.73. The van der Waals surface area contributed by atoms with Crippen molar-refractivity contribution < 1.29 is 5.11 Å². The van der Waals surface area contributed by atoms with Crippen molar-refractivity contribution in [3.63, 3.8) is 0 Å². The number of aliphatic hydroxyl groups excluding tert-OH is 1. The molecule has 0 aliphatic heterocycles. The van der Waals surface area contributed by atoms with Crippen LogP contribution in [-0.2, 0) is 0 Å². The first-order valence-electron chi connectivity index (χ1n) is 5.24. The van der Waals surface area contributed by atoms with Crippen LogP contribution in [0.25, 0.3) is 0 Å². The summed E-state index contributed by atoms with van der Waals surface area (Å²) in [5.74, 6) is 0. The molecule has 0 aromatic rings. The van der Waals surface area contributed by atoms with Gasteiger partial charge in [0.15, 0.2) is 0 Å². The summed E-state index contributed by atoms with van der Waals surface area (Å²) in [5.41, 5.74) is 2.61. The Morgan fingerprint density at radius 3 is 2.57 bits per heavy atom. The van der Waals surface area contributed by atoms with Gasteiger partial charge in [0, 0.05) is 6.61 Å². The van der Waals surface area contributed by atoms with Gasteiger partial charge in [-0.05, 0) is 39.0 Å². The lowest BCUT2D eigenvalue weighted by molar-refractivity contribution is 0.288. The van der Waals surface area contributed by atoms with Crippen molar-refractivity contribution in [3.05, 3.63) is 36.5 Å². The Hall–Kier alpha value is -0.820. The lowest BCUT2D eigenvalue weighted by Crippen LogP contribution is -1.87. The fraction of sp³-hybridized carbons (Fsp3) is 0.538. The van der Waals surface area contributed by atoms with E-state index in [4.69, 9.17) is 5.11 Å². The Morgan fingerprint density at radius 2 is 2.07 bits per heavy atom. The van der Waals surface area contributed by atoms with Crippen molar-refractivity contribution in [2.45, 2.75) is 39.0 Å². The number of hydrogen-bond acceptors (Lipinski definition) is 1. The van der Waals surface area contributed by atoms with E-state index in [1.54, 1.807) is 0 Å². The summed E-state index contributed by atoms with van der Waals surface area (Å²) in [7, 11) is 0. The molecule has 80 valence electrons. The van der Waals surface area contributed by atoms with Gasteiger partial charge in [0.05, 0.1) is 0 Å². The van der Waals surface area contributed by atoms with E-state index in [1.807, 2.05) is 6.08 Å². The van der Waals surface area contributed by atoms with Gasteiger partial charge >= 0.3 is 0 Å². The molecule has 0 aromatic carbocycles. The van der Waals surface area contributed by atoms with Crippen LogP contribution >= 0.6 is 0 Å². The number of rotatable bonds is 8. The quantitative estimate of drug-likeness (QED) is 0.585. The monoisotopic (exact) mass is 194 g/mol. The molecule has 0 aliphatic carbocycles. The third kappa shape index (κ3) is 7.81. The predicted molar refractivity (Wildman–Crippen MR) is 63.3 cm³/mol. The summed E-state index contributed by atoms with van der Waals surface area (Å²) in [6.45, 7) is 9.92. The molecule has 14 heavy (non-hydrogen) atoms. The predicted octanol–water partition coefficient (Wildman–Crippen LogP) is 3.62. The fourth-order valence-corrected chi connectivity index (χ4v) is 1.30. The summed E-state index contributed by atoms with van der Waals surface area (Å²) in [4.78, 5) is 0. The maximum atomic E-state index is 8.73. The summed E-state index contributed by atoms with van der Waals surface area (Å²) in [6, 6.07) is 0. The Balaban J connectivity index is 3.90. The molecule has 0 rings (SSSR count). The minimum atomic E-state index is 0.273. The second-order valence-corrected chi connectivity index (χ2v) is 3.68. The molecule has 0 atom stereocenters. The molecule has 1 nitrogen and oxygen atoms in total. The van der Waals surface area contributed by atoms with E-state index in [9.17, 15) is 0 Å². The smallest absolute Gasteiger partial charge is 0.0434 e. The lowest BCUT2D eigenvalue weighted by Gasteiger charge is -2.03. The summed E-state index contributed by atoms with van der Waals surface area (Å²) >= 11 is 0. The summed E-state index contributed by atoms with van der Waals surface area (Å²) < 4.78 is 0. The summed E-state index contributed by atoms with van der Waals surface area (Å²) in [6.07, 6.45) is 9.07. The van der Waals surface area contributed by atoms with E-state index in [-0.39, 0.29) is 6.61 Å². The molecule has 0 radical (unpaired) electrons. The van der Waals surface area contributed by atoms with E-state index in [2.05, 4.69) is 26.2 Å². The van der Waals surface area contributed by atoms with Crippen LogP contribution in [0.1, 0.15) is 39.0 Å². The average molecular weight is 194 g/mol. The minimum absolute atomic E-state index is 0.273. The molecule has 0 aromatic heterocycles. The highest BCUT2D eigenvalue weighted by molar-refractivity contribution is 5.07. The van der Waals surface area contributed by atoms with E-state index < -0.39 is 0 Å². The van der Waals surface area contributed by atoms with E-state index in [1.165, 1.54) is 11.1 Å². The van der Waals surface area contributed by atoms with Crippen molar-refractivity contribution in [1.82, 2.24) is 0 Å². The van der Waals surface area contributed by atoms with Gasteiger partial charge in [-0.2, -0.15) is 0 Å². The Labute approximate surface area is 87.8 Å². The van der Waals surface area contributed by atoms with Crippen molar-refractivity contribution in [3.8, 4) is 0 Å². The Bertz CT molecular complexity index is 201. The molecule has 0 unspecified atom stereocenters. The molecule has 0 saturated heterocycles. The topological polar surface area (TPSA) is 20.2 Å². The van der Waals surface area contributed by atoms with Gasteiger partial charge < -0.3 is 5.11 Å². The van der Waals surface area contributed by atoms with Gasteiger partial charge in [-0.15, -0.1) is 13.2 Å². The van der Waals surface area contributed by atoms with E-state index in [0.717, 1.165) is 32.1 Å². The van der Waals surface area contributed by atoms with Crippen LogP contribution < -0.4 is 0 Å². The number of allylic oxidation sites excluding steroid dienone is 4. The molecule has 1 N–H and O–H groups in total. The molecule has 0 bridgehead atoms. The van der Waals surface area contributed by atoms with Crippen LogP contribution in [0, 0.1) is 0 Å². The normalized spacial score (nSPS) is 11.4. The largest absolute Gasteiger partial charge is 0.396 e. The van der Waals surface area contributed by atoms with Crippen molar-refractivity contribution in [2.24, 2.45) is 0 Å². The molecule has 0 amide bonds. The van der Waals surface area contributed by atoms with Gasteiger partial charge in [-0.1, -0.05) is 23.3 Å². The average Bonchev–Trinajstić information content (AvgIpc) is 2.13. The molecule has 0 heterocycles. The second kappa shape index (κ2) is 8.76. The number of hydrogen-bond donors (Lipinski definition) is 1. The Kier molecular flexibility index (Phi) is 8.25. The third-order valence-corrected chi connectivity index (χ3v) is 2.07. The van der Waals surface area contributed by atoms with Gasteiger partial charge in [0.1, 0.15) is 0 Å². The molecule has 0 saturated carbocycles. The SMILES string of the molecule is C=CC/C(=C\CCC(=C)C)CCCO. The molecule has 0 spiro atoms. The first kappa shape index (κ1) is 13.2. The molecular weight excluding hydrogens is 172 g/mol. The Morgan fingerprint density at radius 1 is 1.36 bits per heavy atom. The zero-order chi connectivity index (χ0) is 10.8. The highest BCUT2D eigenvalue weighted by Gasteiger charge is 1.94. The van der Waals surface area contributed by atoms with Crippen LogP contribution in [0.4, 0.5) is 0 Å². The molecule has 0 aliphatic rings.